The van der Waals surface area contributed by atoms with Crippen LogP contribution >= 0.6 is 15.9 Å². The highest BCUT2D eigenvalue weighted by molar-refractivity contribution is 9.10. The van der Waals surface area contributed by atoms with Gasteiger partial charge in [0.05, 0.1) is 10.9 Å². The molecular formula is C14H16BrFN2O2. The largest absolute Gasteiger partial charge is 0.369 e. The number of likely N-dealkylation sites (tertiary alicyclic amines) is 1. The van der Waals surface area contributed by atoms with Crippen LogP contribution in [0.1, 0.15) is 18.4 Å². The van der Waals surface area contributed by atoms with E-state index in [0.717, 1.165) is 5.56 Å². The Hall–Kier alpha value is -1.43. The van der Waals surface area contributed by atoms with E-state index in [1.54, 1.807) is 17.0 Å². The molecule has 1 aliphatic rings. The van der Waals surface area contributed by atoms with Gasteiger partial charge >= 0.3 is 0 Å². The van der Waals surface area contributed by atoms with E-state index in [9.17, 15) is 14.0 Å². The van der Waals surface area contributed by atoms with Gasteiger partial charge in [0, 0.05) is 19.0 Å². The van der Waals surface area contributed by atoms with Crippen molar-refractivity contribution in [1.29, 1.82) is 0 Å². The van der Waals surface area contributed by atoms with Gasteiger partial charge in [0.15, 0.2) is 0 Å². The van der Waals surface area contributed by atoms with Gasteiger partial charge in [-0.1, -0.05) is 6.07 Å². The Labute approximate surface area is 125 Å². The standard InChI is InChI=1S/C14H16BrFN2O2/c15-11-7-9(1-2-12(11)16)8-13(19)18-5-3-10(4-6-18)14(17)20/h1-2,7,10H,3-6,8H2,(H2,17,20). The maximum absolute atomic E-state index is 13.1. The summed E-state index contributed by atoms with van der Waals surface area (Å²) < 4.78 is 13.5. The molecule has 1 aliphatic heterocycles. The van der Waals surface area contributed by atoms with E-state index in [0.29, 0.717) is 30.4 Å². The molecule has 4 nitrogen and oxygen atoms in total. The summed E-state index contributed by atoms with van der Waals surface area (Å²) in [6.45, 7) is 1.10. The number of rotatable bonds is 3. The van der Waals surface area contributed by atoms with Crippen LogP contribution in [0.4, 0.5) is 4.39 Å². The zero-order valence-electron chi connectivity index (χ0n) is 10.9. The van der Waals surface area contributed by atoms with Gasteiger partial charge in [-0.05, 0) is 46.5 Å². The lowest BCUT2D eigenvalue weighted by Crippen LogP contribution is -2.42. The minimum absolute atomic E-state index is 0.00794. The lowest BCUT2D eigenvalue weighted by molar-refractivity contribution is -0.134. The molecule has 2 rings (SSSR count). The molecule has 0 aliphatic carbocycles. The van der Waals surface area contributed by atoms with Crippen LogP contribution < -0.4 is 5.73 Å². The van der Waals surface area contributed by atoms with E-state index in [4.69, 9.17) is 5.73 Å². The summed E-state index contributed by atoms with van der Waals surface area (Å²) in [6.07, 6.45) is 1.47. The smallest absolute Gasteiger partial charge is 0.226 e. The molecule has 0 spiro atoms. The maximum Gasteiger partial charge on any atom is 0.226 e. The van der Waals surface area contributed by atoms with Crippen molar-refractivity contribution in [2.24, 2.45) is 11.7 Å². The molecule has 1 saturated heterocycles. The summed E-state index contributed by atoms with van der Waals surface area (Å²) in [6, 6.07) is 4.56. The number of piperidine rings is 1. The average Bonchev–Trinajstić information content (AvgIpc) is 2.43. The maximum atomic E-state index is 13.1. The van der Waals surface area contributed by atoms with Gasteiger partial charge in [0.25, 0.3) is 0 Å². The molecular weight excluding hydrogens is 327 g/mol. The van der Waals surface area contributed by atoms with Crippen LogP contribution in [-0.4, -0.2) is 29.8 Å². The van der Waals surface area contributed by atoms with Crippen molar-refractivity contribution in [2.45, 2.75) is 19.3 Å². The van der Waals surface area contributed by atoms with Crippen LogP contribution in [0.25, 0.3) is 0 Å². The van der Waals surface area contributed by atoms with Crippen molar-refractivity contribution in [2.75, 3.05) is 13.1 Å². The van der Waals surface area contributed by atoms with Crippen molar-refractivity contribution in [1.82, 2.24) is 4.90 Å². The predicted octanol–water partition coefficient (Wildman–Crippen LogP) is 1.85. The molecule has 0 aromatic heterocycles. The number of nitrogens with two attached hydrogens (primary N) is 1. The summed E-state index contributed by atoms with van der Waals surface area (Å²) in [4.78, 5) is 24.9. The highest BCUT2D eigenvalue weighted by Crippen LogP contribution is 2.20. The third kappa shape index (κ3) is 3.56. The zero-order chi connectivity index (χ0) is 14.7. The van der Waals surface area contributed by atoms with Crippen LogP contribution in [0.5, 0.6) is 0 Å². The van der Waals surface area contributed by atoms with E-state index in [2.05, 4.69) is 15.9 Å². The summed E-state index contributed by atoms with van der Waals surface area (Å²) in [5.41, 5.74) is 6.02. The summed E-state index contributed by atoms with van der Waals surface area (Å²) in [5, 5.41) is 0. The second-order valence-electron chi connectivity index (χ2n) is 4.98. The second kappa shape index (κ2) is 6.35. The van der Waals surface area contributed by atoms with Gasteiger partial charge in [0.2, 0.25) is 11.8 Å². The topological polar surface area (TPSA) is 63.4 Å². The number of hydrogen-bond acceptors (Lipinski definition) is 2. The molecule has 0 atom stereocenters. The van der Waals surface area contributed by atoms with Crippen molar-refractivity contribution in [3.05, 3.63) is 34.1 Å². The number of hydrogen-bond donors (Lipinski definition) is 1. The number of halogens is 2. The SMILES string of the molecule is NC(=O)C1CCN(C(=O)Cc2ccc(F)c(Br)c2)CC1. The normalized spacial score (nSPS) is 16.2. The van der Waals surface area contributed by atoms with E-state index < -0.39 is 0 Å². The highest BCUT2D eigenvalue weighted by atomic mass is 79.9. The lowest BCUT2D eigenvalue weighted by Gasteiger charge is -2.30. The molecule has 0 saturated carbocycles. The third-order valence-electron chi connectivity index (χ3n) is 3.59. The van der Waals surface area contributed by atoms with Gasteiger partial charge < -0.3 is 10.6 Å². The molecule has 20 heavy (non-hydrogen) atoms. The first kappa shape index (κ1) is 15.0. The molecule has 2 amide bonds. The summed E-state index contributed by atoms with van der Waals surface area (Å²) in [7, 11) is 0. The van der Waals surface area contributed by atoms with Gasteiger partial charge in [-0.15, -0.1) is 0 Å². The number of nitrogens with zero attached hydrogens (tertiary/aromatic N) is 1. The van der Waals surface area contributed by atoms with Crippen LogP contribution in [0.2, 0.25) is 0 Å². The Balaban J connectivity index is 1.92. The number of primary amides is 1. The van der Waals surface area contributed by atoms with Crippen LogP contribution in [0.3, 0.4) is 0 Å². The lowest BCUT2D eigenvalue weighted by atomic mass is 9.96. The number of amides is 2. The third-order valence-corrected chi connectivity index (χ3v) is 4.20. The van der Waals surface area contributed by atoms with Crippen molar-refractivity contribution < 1.29 is 14.0 Å². The quantitative estimate of drug-likeness (QED) is 0.911. The van der Waals surface area contributed by atoms with Crippen molar-refractivity contribution >= 4 is 27.7 Å². The molecule has 1 fully saturated rings. The fourth-order valence-electron chi connectivity index (χ4n) is 2.35. The van der Waals surface area contributed by atoms with Gasteiger partial charge in [-0.3, -0.25) is 9.59 Å². The monoisotopic (exact) mass is 342 g/mol. The first-order chi connectivity index (χ1) is 9.47. The van der Waals surface area contributed by atoms with E-state index in [1.165, 1.54) is 6.07 Å². The first-order valence-corrected chi connectivity index (χ1v) is 7.27. The molecule has 2 N–H and O–H groups in total. The predicted molar refractivity (Wildman–Crippen MR) is 76.3 cm³/mol. The zero-order valence-corrected chi connectivity index (χ0v) is 12.5. The van der Waals surface area contributed by atoms with Gasteiger partial charge in [-0.2, -0.15) is 0 Å². The fraction of sp³-hybridized carbons (Fsp3) is 0.429. The molecule has 1 aromatic rings. The summed E-state index contributed by atoms with van der Waals surface area (Å²) in [5.74, 6) is -0.770. The minimum Gasteiger partial charge on any atom is -0.369 e. The molecule has 1 heterocycles. The molecule has 108 valence electrons. The highest BCUT2D eigenvalue weighted by Gasteiger charge is 2.25. The Kier molecular flexibility index (Phi) is 4.75. The number of benzene rings is 1. The number of carbonyl (C=O) groups excluding carboxylic acids is 2. The van der Waals surface area contributed by atoms with E-state index >= 15 is 0 Å². The summed E-state index contributed by atoms with van der Waals surface area (Å²) >= 11 is 3.10. The van der Waals surface area contributed by atoms with Gasteiger partial charge in [0.1, 0.15) is 5.82 Å². The minimum atomic E-state index is -0.344. The van der Waals surface area contributed by atoms with E-state index in [1.807, 2.05) is 0 Å². The van der Waals surface area contributed by atoms with Crippen molar-refractivity contribution in [3.8, 4) is 0 Å². The fourth-order valence-corrected chi connectivity index (χ4v) is 2.78. The Bertz CT molecular complexity index is 528. The molecule has 0 unspecified atom stereocenters. The molecule has 0 bridgehead atoms. The first-order valence-electron chi connectivity index (χ1n) is 6.48. The Morgan fingerprint density at radius 1 is 1.35 bits per heavy atom. The van der Waals surface area contributed by atoms with Crippen molar-refractivity contribution in [3.63, 3.8) is 0 Å². The number of carbonyl (C=O) groups is 2. The van der Waals surface area contributed by atoms with Gasteiger partial charge in [-0.25, -0.2) is 4.39 Å². The average molecular weight is 343 g/mol. The van der Waals surface area contributed by atoms with Crippen LogP contribution in [0, 0.1) is 11.7 Å². The molecule has 1 aromatic carbocycles. The Morgan fingerprint density at radius 3 is 2.55 bits per heavy atom. The van der Waals surface area contributed by atoms with Crippen LogP contribution in [0.15, 0.2) is 22.7 Å². The molecule has 6 heteroatoms. The van der Waals surface area contributed by atoms with Crippen LogP contribution in [-0.2, 0) is 16.0 Å². The second-order valence-corrected chi connectivity index (χ2v) is 5.84. The molecule has 0 radical (unpaired) electrons. The Morgan fingerprint density at radius 2 is 2.00 bits per heavy atom. The van der Waals surface area contributed by atoms with E-state index in [-0.39, 0.29) is 30.0 Å².